The number of hydrogen-bond donors (Lipinski definition) is 1. The number of ether oxygens (including phenoxy) is 3. The summed E-state index contributed by atoms with van der Waals surface area (Å²) >= 11 is 11.9. The van der Waals surface area contributed by atoms with Gasteiger partial charge in [-0.3, -0.25) is 4.79 Å². The number of nitrogens with one attached hydrogen (secondary N) is 1. The lowest BCUT2D eigenvalue weighted by molar-refractivity contribution is -0.123. The van der Waals surface area contributed by atoms with Crippen LogP contribution < -0.4 is 19.6 Å². The van der Waals surface area contributed by atoms with Crippen molar-refractivity contribution in [1.82, 2.24) is 5.43 Å². The molecule has 7 nitrogen and oxygen atoms in total. The van der Waals surface area contributed by atoms with Crippen LogP contribution in [-0.4, -0.2) is 31.8 Å². The number of rotatable bonds is 11. The van der Waals surface area contributed by atoms with E-state index in [-0.39, 0.29) is 22.9 Å². The van der Waals surface area contributed by atoms with Crippen LogP contribution in [0.4, 0.5) is 0 Å². The summed E-state index contributed by atoms with van der Waals surface area (Å²) in [7, 11) is 1.45. The Morgan fingerprint density at radius 3 is 2.44 bits per heavy atom. The van der Waals surface area contributed by atoms with Crippen LogP contribution in [0.5, 0.6) is 17.2 Å². The Kier molecular flexibility index (Phi) is 10.2. The summed E-state index contributed by atoms with van der Waals surface area (Å²) in [6.07, 6.45) is 4.74. The summed E-state index contributed by atoms with van der Waals surface area (Å²) in [5, 5.41) is 4.52. The molecule has 0 bridgehead atoms. The van der Waals surface area contributed by atoms with Gasteiger partial charge in [-0.25, -0.2) is 10.2 Å². The van der Waals surface area contributed by atoms with Gasteiger partial charge in [0.15, 0.2) is 18.1 Å². The molecule has 0 unspecified atom stereocenters. The van der Waals surface area contributed by atoms with Crippen molar-refractivity contribution < 1.29 is 23.8 Å². The predicted molar refractivity (Wildman–Crippen MR) is 141 cm³/mol. The standard InChI is InChI=1S/C27H26Cl2N2O5/c1-3-4-5-18-6-10-21(11-7-18)35-17-26(32)31-30-16-19-8-13-24(25(14-19)34-2)36-27(33)20-9-12-22(28)23(29)15-20/h6-16H,3-5,17H2,1-2H3,(H,31,32)/b30-16+. The zero-order chi connectivity index (χ0) is 25.9. The number of carbonyl (C=O) groups excluding carboxylic acids is 2. The van der Waals surface area contributed by atoms with Gasteiger partial charge in [0.2, 0.25) is 0 Å². The molecule has 0 spiro atoms. The van der Waals surface area contributed by atoms with Crippen LogP contribution in [0, 0.1) is 0 Å². The SMILES string of the molecule is CCCCc1ccc(OCC(=O)N/N=C/c2ccc(OC(=O)c3ccc(Cl)c(Cl)c3)c(OC)c2)cc1. The highest BCUT2D eigenvalue weighted by Gasteiger charge is 2.14. The average Bonchev–Trinajstić information content (AvgIpc) is 2.89. The van der Waals surface area contributed by atoms with Gasteiger partial charge in [0.05, 0.1) is 28.9 Å². The number of benzene rings is 3. The molecule has 0 radical (unpaired) electrons. The lowest BCUT2D eigenvalue weighted by atomic mass is 10.1. The molecule has 1 amide bonds. The fourth-order valence-electron chi connectivity index (χ4n) is 3.12. The van der Waals surface area contributed by atoms with Crippen LogP contribution >= 0.6 is 23.2 Å². The fraction of sp³-hybridized carbons (Fsp3) is 0.222. The molecule has 0 saturated heterocycles. The van der Waals surface area contributed by atoms with Crippen molar-refractivity contribution in [3.8, 4) is 17.2 Å². The first-order valence-corrected chi connectivity index (χ1v) is 12.0. The summed E-state index contributed by atoms with van der Waals surface area (Å²) in [5.41, 5.74) is 4.51. The van der Waals surface area contributed by atoms with Gasteiger partial charge in [-0.05, 0) is 72.5 Å². The van der Waals surface area contributed by atoms with E-state index >= 15 is 0 Å². The molecule has 0 aliphatic carbocycles. The van der Waals surface area contributed by atoms with Crippen molar-refractivity contribution >= 4 is 41.3 Å². The van der Waals surface area contributed by atoms with Gasteiger partial charge in [-0.15, -0.1) is 0 Å². The maximum absolute atomic E-state index is 12.4. The van der Waals surface area contributed by atoms with Crippen molar-refractivity contribution in [3.05, 3.63) is 87.4 Å². The number of halogens is 2. The third-order valence-electron chi connectivity index (χ3n) is 5.06. The van der Waals surface area contributed by atoms with E-state index < -0.39 is 11.9 Å². The molecule has 3 aromatic carbocycles. The molecule has 3 rings (SSSR count). The molecule has 0 fully saturated rings. The van der Waals surface area contributed by atoms with Gasteiger partial charge >= 0.3 is 5.97 Å². The van der Waals surface area contributed by atoms with Gasteiger partial charge < -0.3 is 14.2 Å². The minimum Gasteiger partial charge on any atom is -0.493 e. The van der Waals surface area contributed by atoms with Crippen LogP contribution in [0.25, 0.3) is 0 Å². The second-order valence-electron chi connectivity index (χ2n) is 7.76. The van der Waals surface area contributed by atoms with E-state index in [9.17, 15) is 9.59 Å². The quantitative estimate of drug-likeness (QED) is 0.141. The summed E-state index contributed by atoms with van der Waals surface area (Å²) < 4.78 is 16.2. The second-order valence-corrected chi connectivity index (χ2v) is 8.57. The van der Waals surface area contributed by atoms with Crippen molar-refractivity contribution in [2.45, 2.75) is 26.2 Å². The van der Waals surface area contributed by atoms with Crippen LogP contribution in [0.15, 0.2) is 65.8 Å². The molecule has 3 aromatic rings. The summed E-state index contributed by atoms with van der Waals surface area (Å²) in [5.74, 6) is 0.120. The van der Waals surface area contributed by atoms with E-state index in [1.54, 1.807) is 18.2 Å². The highest BCUT2D eigenvalue weighted by molar-refractivity contribution is 6.42. The van der Waals surface area contributed by atoms with E-state index in [4.69, 9.17) is 37.4 Å². The monoisotopic (exact) mass is 528 g/mol. The van der Waals surface area contributed by atoms with Crippen molar-refractivity contribution in [2.75, 3.05) is 13.7 Å². The predicted octanol–water partition coefficient (Wildman–Crippen LogP) is 6.09. The van der Waals surface area contributed by atoms with Crippen LogP contribution in [0.3, 0.4) is 0 Å². The number of unbranched alkanes of at least 4 members (excludes halogenated alkanes) is 1. The van der Waals surface area contributed by atoms with Crippen LogP contribution in [-0.2, 0) is 11.2 Å². The van der Waals surface area contributed by atoms with Gasteiger partial charge in [0, 0.05) is 0 Å². The Bertz CT molecular complexity index is 1230. The Morgan fingerprint density at radius 1 is 0.972 bits per heavy atom. The summed E-state index contributed by atoms with van der Waals surface area (Å²) in [4.78, 5) is 24.5. The van der Waals surface area contributed by atoms with E-state index in [0.29, 0.717) is 22.1 Å². The molecule has 9 heteroatoms. The first kappa shape index (κ1) is 27.0. The van der Waals surface area contributed by atoms with Gasteiger partial charge in [0.25, 0.3) is 5.91 Å². The number of methoxy groups -OCH3 is 1. The molecule has 0 saturated carbocycles. The second kappa shape index (κ2) is 13.5. The minimum absolute atomic E-state index is 0.168. The van der Waals surface area contributed by atoms with E-state index in [0.717, 1.165) is 19.3 Å². The fourth-order valence-corrected chi connectivity index (χ4v) is 3.42. The Balaban J connectivity index is 1.52. The number of nitrogens with zero attached hydrogens (tertiary/aromatic N) is 1. The average molecular weight is 529 g/mol. The third-order valence-corrected chi connectivity index (χ3v) is 5.80. The Hall–Kier alpha value is -3.55. The molecular weight excluding hydrogens is 503 g/mol. The third kappa shape index (κ3) is 8.00. The Morgan fingerprint density at radius 2 is 1.75 bits per heavy atom. The van der Waals surface area contributed by atoms with Gasteiger partial charge in [0.1, 0.15) is 5.75 Å². The van der Waals surface area contributed by atoms with Gasteiger partial charge in [-0.2, -0.15) is 5.10 Å². The molecule has 0 aliphatic heterocycles. The molecule has 0 aromatic heterocycles. The highest BCUT2D eigenvalue weighted by Crippen LogP contribution is 2.29. The smallest absolute Gasteiger partial charge is 0.343 e. The number of esters is 1. The number of hydrazone groups is 1. The number of aryl methyl sites for hydroxylation is 1. The topological polar surface area (TPSA) is 86.2 Å². The van der Waals surface area contributed by atoms with Crippen molar-refractivity contribution in [3.63, 3.8) is 0 Å². The lowest BCUT2D eigenvalue weighted by Gasteiger charge is -2.10. The zero-order valence-electron chi connectivity index (χ0n) is 19.9. The largest absolute Gasteiger partial charge is 0.493 e. The molecule has 36 heavy (non-hydrogen) atoms. The zero-order valence-corrected chi connectivity index (χ0v) is 21.4. The van der Waals surface area contributed by atoms with Crippen LogP contribution in [0.2, 0.25) is 10.0 Å². The number of amides is 1. The lowest BCUT2D eigenvalue weighted by Crippen LogP contribution is -2.24. The molecule has 0 heterocycles. The van der Waals surface area contributed by atoms with E-state index in [1.165, 1.54) is 37.1 Å². The maximum Gasteiger partial charge on any atom is 0.343 e. The molecular formula is C27H26Cl2N2O5. The summed E-state index contributed by atoms with van der Waals surface area (Å²) in [6.45, 7) is 1.99. The Labute approximate surface area is 220 Å². The molecule has 0 aliphatic rings. The normalized spacial score (nSPS) is 10.8. The number of carbonyl (C=O) groups is 2. The first-order chi connectivity index (χ1) is 17.4. The molecule has 1 N–H and O–H groups in total. The van der Waals surface area contributed by atoms with Crippen molar-refractivity contribution in [1.29, 1.82) is 0 Å². The number of hydrogen-bond acceptors (Lipinski definition) is 6. The van der Waals surface area contributed by atoms with E-state index in [2.05, 4.69) is 17.5 Å². The molecule has 188 valence electrons. The van der Waals surface area contributed by atoms with E-state index in [1.807, 2.05) is 24.3 Å². The first-order valence-electron chi connectivity index (χ1n) is 11.3. The van der Waals surface area contributed by atoms with Crippen LogP contribution in [0.1, 0.15) is 41.3 Å². The minimum atomic E-state index is -0.615. The maximum atomic E-state index is 12.4. The highest BCUT2D eigenvalue weighted by atomic mass is 35.5. The van der Waals surface area contributed by atoms with Gasteiger partial charge in [-0.1, -0.05) is 48.7 Å². The molecule has 0 atom stereocenters. The van der Waals surface area contributed by atoms with Crippen molar-refractivity contribution in [2.24, 2.45) is 5.10 Å². The summed E-state index contributed by atoms with van der Waals surface area (Å²) in [6, 6.07) is 17.0.